The third kappa shape index (κ3) is 7.24. The summed E-state index contributed by atoms with van der Waals surface area (Å²) in [7, 11) is 2.83. The number of aromatic hydroxyl groups is 2. The van der Waals surface area contributed by atoms with Gasteiger partial charge in [-0.1, -0.05) is 0 Å². The molecule has 2 aromatic rings. The molecule has 0 aromatic heterocycles. The van der Waals surface area contributed by atoms with Crippen LogP contribution in [0.25, 0.3) is 0 Å². The van der Waals surface area contributed by atoms with E-state index < -0.39 is 11.8 Å². The summed E-state index contributed by atoms with van der Waals surface area (Å²) in [5.74, 6) is -0.501. The van der Waals surface area contributed by atoms with Gasteiger partial charge in [-0.25, -0.2) is 10.9 Å². The number of amides is 2. The van der Waals surface area contributed by atoms with Gasteiger partial charge in [0, 0.05) is 12.8 Å². The summed E-state index contributed by atoms with van der Waals surface area (Å²) in [5, 5.41) is 27.2. The highest BCUT2D eigenvalue weighted by Crippen LogP contribution is 2.35. The van der Waals surface area contributed by atoms with Crippen LogP contribution in [0.15, 0.2) is 43.4 Å². The van der Waals surface area contributed by atoms with Crippen LogP contribution in [0.1, 0.15) is 24.0 Å². The molecular formula is C20H20Br2N4O6. The maximum absolute atomic E-state index is 11.9. The molecule has 0 heterocycles. The van der Waals surface area contributed by atoms with Gasteiger partial charge in [0.15, 0.2) is 23.0 Å². The highest BCUT2D eigenvalue weighted by atomic mass is 79.9. The minimum Gasteiger partial charge on any atom is -0.503 e. The highest BCUT2D eigenvalue weighted by molar-refractivity contribution is 9.10. The first-order valence-electron chi connectivity index (χ1n) is 9.02. The second-order valence-corrected chi connectivity index (χ2v) is 7.90. The first-order chi connectivity index (χ1) is 15.2. The Hall–Kier alpha value is -3.12. The zero-order valence-corrected chi connectivity index (χ0v) is 20.2. The smallest absolute Gasteiger partial charge is 0.240 e. The van der Waals surface area contributed by atoms with Crippen molar-refractivity contribution in [1.82, 2.24) is 10.9 Å². The van der Waals surface area contributed by atoms with Gasteiger partial charge in [-0.2, -0.15) is 10.2 Å². The number of phenols is 2. The first-order valence-corrected chi connectivity index (χ1v) is 10.6. The Bertz CT molecular complexity index is 975. The SMILES string of the molecule is COc1cc(/C=N\NC(=O)CCC(=O)N/N=C\c2cc(Br)c(O)c(OC)c2)cc(Br)c1O. The van der Waals surface area contributed by atoms with E-state index in [9.17, 15) is 19.8 Å². The Kier molecular flexibility index (Phi) is 9.47. The fourth-order valence-corrected chi connectivity index (χ4v) is 3.26. The Balaban J connectivity index is 1.80. The molecule has 170 valence electrons. The standard InChI is InChI=1S/C20H20Br2N4O6/c1-31-15-7-11(5-13(21)19(15)29)9-23-25-17(27)3-4-18(28)26-24-10-12-6-14(22)20(30)16(8-12)32-2/h5-10,29-30H,3-4H2,1-2H3,(H,25,27)(H,26,28)/b23-9-,24-10-. The van der Waals surface area contributed by atoms with Crippen LogP contribution in [0.4, 0.5) is 0 Å². The van der Waals surface area contributed by atoms with Gasteiger partial charge in [0.1, 0.15) is 0 Å². The predicted octanol–water partition coefficient (Wildman–Crippen LogP) is 3.02. The molecule has 0 aliphatic heterocycles. The molecule has 0 atom stereocenters. The van der Waals surface area contributed by atoms with E-state index in [4.69, 9.17) is 9.47 Å². The summed E-state index contributed by atoms with van der Waals surface area (Å²) in [4.78, 5) is 23.7. The monoisotopic (exact) mass is 570 g/mol. The molecule has 0 fully saturated rings. The van der Waals surface area contributed by atoms with Crippen LogP contribution in [0.5, 0.6) is 23.0 Å². The van der Waals surface area contributed by atoms with Crippen molar-refractivity contribution >= 4 is 56.1 Å². The topological polar surface area (TPSA) is 142 Å². The number of benzene rings is 2. The number of phenolic OH excluding ortho intramolecular Hbond substituents is 2. The number of carbonyl (C=O) groups is 2. The lowest BCUT2D eigenvalue weighted by Crippen LogP contribution is -2.22. The van der Waals surface area contributed by atoms with Crippen molar-refractivity contribution in [1.29, 1.82) is 0 Å². The Morgan fingerprint density at radius 1 is 0.844 bits per heavy atom. The van der Waals surface area contributed by atoms with Crippen molar-refractivity contribution < 1.29 is 29.3 Å². The van der Waals surface area contributed by atoms with E-state index in [0.29, 0.717) is 20.1 Å². The van der Waals surface area contributed by atoms with Crippen LogP contribution in [0.2, 0.25) is 0 Å². The van der Waals surface area contributed by atoms with Crippen LogP contribution in [0.3, 0.4) is 0 Å². The number of rotatable bonds is 9. The molecule has 0 bridgehead atoms. The molecule has 10 nitrogen and oxygen atoms in total. The van der Waals surface area contributed by atoms with Crippen LogP contribution in [0, 0.1) is 0 Å². The van der Waals surface area contributed by atoms with E-state index >= 15 is 0 Å². The van der Waals surface area contributed by atoms with Crippen molar-refractivity contribution in [2.75, 3.05) is 14.2 Å². The number of hydrazone groups is 2. The normalized spacial score (nSPS) is 11.0. The summed E-state index contributed by atoms with van der Waals surface area (Å²) >= 11 is 6.39. The molecule has 0 saturated carbocycles. The third-order valence-electron chi connectivity index (χ3n) is 3.93. The molecule has 12 heteroatoms. The Labute approximate surface area is 200 Å². The van der Waals surface area contributed by atoms with Gasteiger partial charge < -0.3 is 19.7 Å². The summed E-state index contributed by atoms with van der Waals surface area (Å²) in [6.07, 6.45) is 2.55. The number of nitrogens with one attached hydrogen (secondary N) is 2. The molecule has 2 aromatic carbocycles. The van der Waals surface area contributed by atoms with E-state index in [2.05, 4.69) is 52.9 Å². The Morgan fingerprint density at radius 2 is 1.22 bits per heavy atom. The molecule has 32 heavy (non-hydrogen) atoms. The summed E-state index contributed by atoms with van der Waals surface area (Å²) in [6, 6.07) is 6.29. The second kappa shape index (κ2) is 12.1. The molecule has 2 amide bonds. The van der Waals surface area contributed by atoms with E-state index in [1.54, 1.807) is 24.3 Å². The first kappa shape index (κ1) is 25.1. The molecule has 4 N–H and O–H groups in total. The van der Waals surface area contributed by atoms with Crippen molar-refractivity contribution in [3.05, 3.63) is 44.3 Å². The van der Waals surface area contributed by atoms with Crippen LogP contribution < -0.4 is 20.3 Å². The summed E-state index contributed by atoms with van der Waals surface area (Å²) in [6.45, 7) is 0. The van der Waals surface area contributed by atoms with Gasteiger partial charge in [0.05, 0.1) is 35.6 Å². The van der Waals surface area contributed by atoms with Crippen molar-refractivity contribution in [2.24, 2.45) is 10.2 Å². The Morgan fingerprint density at radius 3 is 1.56 bits per heavy atom. The number of carbonyl (C=O) groups excluding carboxylic acids is 2. The van der Waals surface area contributed by atoms with E-state index in [0.717, 1.165) is 0 Å². The van der Waals surface area contributed by atoms with Gasteiger partial charge >= 0.3 is 0 Å². The van der Waals surface area contributed by atoms with Crippen LogP contribution >= 0.6 is 31.9 Å². The van der Waals surface area contributed by atoms with Gasteiger partial charge in [-0.05, 0) is 67.3 Å². The maximum atomic E-state index is 11.9. The van der Waals surface area contributed by atoms with Crippen molar-refractivity contribution in [2.45, 2.75) is 12.8 Å². The van der Waals surface area contributed by atoms with Crippen molar-refractivity contribution in [3.8, 4) is 23.0 Å². The lowest BCUT2D eigenvalue weighted by molar-refractivity contribution is -0.126. The van der Waals surface area contributed by atoms with E-state index in [1.165, 1.54) is 26.6 Å². The van der Waals surface area contributed by atoms with Crippen LogP contribution in [-0.4, -0.2) is 48.7 Å². The van der Waals surface area contributed by atoms with Crippen LogP contribution in [-0.2, 0) is 9.59 Å². The maximum Gasteiger partial charge on any atom is 0.240 e. The molecule has 0 unspecified atom stereocenters. The van der Waals surface area contributed by atoms with Gasteiger partial charge in [-0.3, -0.25) is 9.59 Å². The molecule has 0 aliphatic carbocycles. The predicted molar refractivity (Wildman–Crippen MR) is 125 cm³/mol. The third-order valence-corrected chi connectivity index (χ3v) is 5.14. The average molecular weight is 572 g/mol. The lowest BCUT2D eigenvalue weighted by Gasteiger charge is -2.06. The fourth-order valence-electron chi connectivity index (χ4n) is 2.34. The highest BCUT2D eigenvalue weighted by Gasteiger charge is 2.09. The molecule has 0 aliphatic rings. The summed E-state index contributed by atoms with van der Waals surface area (Å²) in [5.41, 5.74) is 5.79. The van der Waals surface area contributed by atoms with Crippen molar-refractivity contribution in [3.63, 3.8) is 0 Å². The fraction of sp³-hybridized carbons (Fsp3) is 0.200. The largest absolute Gasteiger partial charge is 0.503 e. The number of hydrogen-bond donors (Lipinski definition) is 4. The van der Waals surface area contributed by atoms with Gasteiger partial charge in [0.25, 0.3) is 0 Å². The number of methoxy groups -OCH3 is 2. The van der Waals surface area contributed by atoms with Gasteiger partial charge in [-0.15, -0.1) is 0 Å². The number of nitrogens with zero attached hydrogens (tertiary/aromatic N) is 2. The number of hydrogen-bond acceptors (Lipinski definition) is 8. The lowest BCUT2D eigenvalue weighted by atomic mass is 10.2. The molecule has 0 radical (unpaired) electrons. The molecule has 0 spiro atoms. The summed E-state index contributed by atoms with van der Waals surface area (Å²) < 4.78 is 10.9. The zero-order chi connectivity index (χ0) is 23.7. The van der Waals surface area contributed by atoms with Gasteiger partial charge in [0.2, 0.25) is 11.8 Å². The average Bonchev–Trinajstić information content (AvgIpc) is 2.76. The molecule has 2 rings (SSSR count). The quantitative estimate of drug-likeness (QED) is 0.269. The second-order valence-electron chi connectivity index (χ2n) is 6.19. The van der Waals surface area contributed by atoms with E-state index in [-0.39, 0.29) is 35.8 Å². The number of halogens is 2. The minimum atomic E-state index is -0.461. The van der Waals surface area contributed by atoms with E-state index in [1.807, 2.05) is 0 Å². The molecule has 0 saturated heterocycles. The minimum absolute atomic E-state index is 0.0421. The zero-order valence-electron chi connectivity index (χ0n) is 17.1. The molecular weight excluding hydrogens is 552 g/mol. The number of ether oxygens (including phenoxy) is 2.